The number of hydrogen-bond acceptors (Lipinski definition) is 7. The monoisotopic (exact) mass is 436 g/mol. The third-order valence-corrected chi connectivity index (χ3v) is 3.09. The van der Waals surface area contributed by atoms with Crippen molar-refractivity contribution in [2.45, 2.75) is 0 Å². The Bertz CT molecular complexity index is 850. The van der Waals surface area contributed by atoms with Crippen molar-refractivity contribution in [2.75, 3.05) is 0 Å². The fourth-order valence-corrected chi connectivity index (χ4v) is 1.84. The van der Waals surface area contributed by atoms with Gasteiger partial charge in [-0.3, -0.25) is 9.97 Å². The molecule has 0 saturated heterocycles. The molecule has 0 fully saturated rings. The minimum Gasteiger partial charge on any atom is -0.543 e. The molecule has 143 valence electrons. The molecule has 27 heavy (non-hydrogen) atoms. The van der Waals surface area contributed by atoms with Crippen LogP contribution in [0.3, 0.4) is 0 Å². The first-order valence-electron chi connectivity index (χ1n) is 6.89. The van der Waals surface area contributed by atoms with Gasteiger partial charge < -0.3 is 25.3 Å². The van der Waals surface area contributed by atoms with Crippen molar-refractivity contribution in [3.8, 4) is 11.3 Å². The van der Waals surface area contributed by atoms with E-state index in [2.05, 4.69) is 15.0 Å². The average molecular weight is 437 g/mol. The number of carbonyl (C=O) groups excluding carboxylic acids is 2. The van der Waals surface area contributed by atoms with Crippen molar-refractivity contribution in [3.05, 3.63) is 77.5 Å². The largest absolute Gasteiger partial charge is 2.00 e. The Morgan fingerprint density at radius 3 is 1.89 bits per heavy atom. The summed E-state index contributed by atoms with van der Waals surface area (Å²) in [6.07, 6.45) is 5.12. The van der Waals surface area contributed by atoms with E-state index in [1.807, 2.05) is 24.3 Å². The Kier molecular flexibility index (Phi) is 10.5. The number of aromatic carboxylic acids is 2. The van der Waals surface area contributed by atoms with Gasteiger partial charge in [-0.1, -0.05) is 17.7 Å². The molecule has 0 aromatic carbocycles. The zero-order valence-corrected chi connectivity index (χ0v) is 15.1. The van der Waals surface area contributed by atoms with Crippen molar-refractivity contribution in [1.29, 1.82) is 0 Å². The van der Waals surface area contributed by atoms with Crippen LogP contribution in [0.25, 0.3) is 11.3 Å². The van der Waals surface area contributed by atoms with Crippen LogP contribution < -0.4 is 10.2 Å². The average Bonchev–Trinajstić information content (AvgIpc) is 2.63. The second kappa shape index (κ2) is 11.7. The van der Waals surface area contributed by atoms with E-state index >= 15 is 0 Å². The predicted octanol–water partition coefficient (Wildman–Crippen LogP) is -0.222. The van der Waals surface area contributed by atoms with Gasteiger partial charge in [-0.15, -0.1) is 0 Å². The molecular formula is C17H12ClCuN3O5. The summed E-state index contributed by atoms with van der Waals surface area (Å²) in [6.45, 7) is 0. The maximum absolute atomic E-state index is 10.2. The van der Waals surface area contributed by atoms with Crippen LogP contribution in [0.15, 0.2) is 61.1 Å². The van der Waals surface area contributed by atoms with E-state index in [1.54, 1.807) is 18.6 Å². The van der Waals surface area contributed by atoms with E-state index in [-0.39, 0.29) is 22.5 Å². The van der Waals surface area contributed by atoms with Crippen LogP contribution in [0, 0.1) is 0 Å². The molecule has 3 aromatic rings. The quantitative estimate of drug-likeness (QED) is 0.514. The molecule has 0 spiro atoms. The third-order valence-electron chi connectivity index (χ3n) is 2.87. The smallest absolute Gasteiger partial charge is 0.543 e. The summed E-state index contributed by atoms with van der Waals surface area (Å²) in [5.74, 6) is -3.03. The summed E-state index contributed by atoms with van der Waals surface area (Å²) in [5, 5.41) is 21.0. The second-order valence-electron chi connectivity index (χ2n) is 4.58. The van der Waals surface area contributed by atoms with Crippen LogP contribution in [-0.4, -0.2) is 32.4 Å². The second-order valence-corrected chi connectivity index (χ2v) is 5.02. The summed E-state index contributed by atoms with van der Waals surface area (Å²) in [6, 6.07) is 11.1. The number of aromatic nitrogens is 3. The molecule has 0 saturated carbocycles. The van der Waals surface area contributed by atoms with Gasteiger partial charge in [0.2, 0.25) is 0 Å². The Labute approximate surface area is 169 Å². The molecule has 2 N–H and O–H groups in total. The van der Waals surface area contributed by atoms with E-state index in [4.69, 9.17) is 11.6 Å². The fraction of sp³-hybridized carbons (Fsp3) is 0. The number of carboxylic acid groups (broad SMARTS) is 2. The van der Waals surface area contributed by atoms with Gasteiger partial charge in [-0.05, 0) is 36.4 Å². The summed E-state index contributed by atoms with van der Waals surface area (Å²) in [5.41, 5.74) is 1.12. The van der Waals surface area contributed by atoms with Crippen molar-refractivity contribution >= 4 is 23.5 Å². The number of carbonyl (C=O) groups is 2. The van der Waals surface area contributed by atoms with E-state index in [0.717, 1.165) is 23.4 Å². The van der Waals surface area contributed by atoms with Crippen LogP contribution in [-0.2, 0) is 17.1 Å². The molecule has 3 heterocycles. The maximum Gasteiger partial charge on any atom is 2.00 e. The molecule has 10 heteroatoms. The van der Waals surface area contributed by atoms with Crippen LogP contribution in [0.4, 0.5) is 0 Å². The van der Waals surface area contributed by atoms with Gasteiger partial charge in [0.25, 0.3) is 0 Å². The van der Waals surface area contributed by atoms with Gasteiger partial charge in [0.05, 0.1) is 34.0 Å². The normalized spacial score (nSPS) is 8.93. The van der Waals surface area contributed by atoms with Crippen molar-refractivity contribution in [3.63, 3.8) is 0 Å². The van der Waals surface area contributed by atoms with Crippen LogP contribution >= 0.6 is 11.6 Å². The molecule has 1 radical (unpaired) electrons. The summed E-state index contributed by atoms with van der Waals surface area (Å²) in [4.78, 5) is 31.7. The molecule has 0 atom stereocenters. The van der Waals surface area contributed by atoms with E-state index in [0.29, 0.717) is 5.02 Å². The van der Waals surface area contributed by atoms with E-state index < -0.39 is 23.3 Å². The summed E-state index contributed by atoms with van der Waals surface area (Å²) < 4.78 is 0. The van der Waals surface area contributed by atoms with Gasteiger partial charge in [0, 0.05) is 24.2 Å². The van der Waals surface area contributed by atoms with Crippen LogP contribution in [0.5, 0.6) is 0 Å². The first-order valence-corrected chi connectivity index (χ1v) is 7.27. The van der Waals surface area contributed by atoms with Gasteiger partial charge in [-0.2, -0.15) is 0 Å². The minimum atomic E-state index is -1.52. The number of pyridine rings is 3. The summed E-state index contributed by atoms with van der Waals surface area (Å²) >= 11 is 5.72. The Balaban J connectivity index is 0.000000468. The zero-order valence-electron chi connectivity index (χ0n) is 13.4. The molecule has 3 aromatic heterocycles. The van der Waals surface area contributed by atoms with Gasteiger partial charge in [0.15, 0.2) is 0 Å². The maximum atomic E-state index is 10.2. The van der Waals surface area contributed by atoms with E-state index in [1.165, 1.54) is 6.07 Å². The number of nitrogens with zero attached hydrogens (tertiary/aromatic N) is 3. The Morgan fingerprint density at radius 2 is 1.44 bits per heavy atom. The van der Waals surface area contributed by atoms with E-state index in [9.17, 15) is 19.8 Å². The number of hydrogen-bond donors (Lipinski definition) is 0. The molecule has 3 rings (SSSR count). The third kappa shape index (κ3) is 7.51. The number of rotatable bonds is 3. The molecule has 0 aliphatic carbocycles. The Hall–Kier alpha value is -2.84. The topological polar surface area (TPSA) is 150 Å². The van der Waals surface area contributed by atoms with Gasteiger partial charge in [-0.25, -0.2) is 4.98 Å². The molecular weight excluding hydrogens is 425 g/mol. The first-order chi connectivity index (χ1) is 12.0. The predicted molar refractivity (Wildman–Crippen MR) is 89.0 cm³/mol. The van der Waals surface area contributed by atoms with Crippen molar-refractivity contribution in [2.24, 2.45) is 0 Å². The number of halogens is 1. The van der Waals surface area contributed by atoms with Crippen LogP contribution in [0.2, 0.25) is 5.02 Å². The minimum absolute atomic E-state index is 0. The fourth-order valence-electron chi connectivity index (χ4n) is 1.73. The molecule has 0 aliphatic heterocycles. The first kappa shape index (κ1) is 24.2. The molecule has 0 amide bonds. The van der Waals surface area contributed by atoms with Crippen molar-refractivity contribution in [1.82, 2.24) is 15.0 Å². The van der Waals surface area contributed by atoms with Crippen LogP contribution in [0.1, 0.15) is 21.0 Å². The zero-order chi connectivity index (χ0) is 18.2. The van der Waals surface area contributed by atoms with Gasteiger partial charge in [0.1, 0.15) is 0 Å². The molecule has 0 aliphatic rings. The summed E-state index contributed by atoms with van der Waals surface area (Å²) in [7, 11) is 0. The molecule has 0 bridgehead atoms. The van der Waals surface area contributed by atoms with Crippen molar-refractivity contribution < 1.29 is 42.3 Å². The SMILES string of the molecule is Clc1ccc(-c2ccncc2)nc1.O.O=C([O-])c1cccc(C(=O)[O-])n1.[Cu+2]. The molecule has 0 unspecified atom stereocenters. The molecule has 8 nitrogen and oxygen atoms in total. The Morgan fingerprint density at radius 1 is 0.889 bits per heavy atom. The standard InChI is InChI=1S/C10H7ClN2.C7H5NO4.Cu.H2O/c11-9-1-2-10(13-7-9)8-3-5-12-6-4-8;9-6(10)4-2-1-3-5(8-4)7(11)12;;/h1-7H;1-3H,(H,9,10)(H,11,12);;1H2/q;;+2;/p-2. The number of carboxylic acids is 2. The van der Waals surface area contributed by atoms with Gasteiger partial charge >= 0.3 is 17.1 Å².